The van der Waals surface area contributed by atoms with E-state index in [0.717, 1.165) is 16.7 Å². The molecule has 2 aromatic carbocycles. The Hall–Kier alpha value is -3.28. The summed E-state index contributed by atoms with van der Waals surface area (Å²) in [5.41, 5.74) is 5.35. The molecule has 0 aliphatic rings. The smallest absolute Gasteiger partial charge is 0.247 e. The first kappa shape index (κ1) is 16.2. The van der Waals surface area contributed by atoms with Crippen LogP contribution in [0.1, 0.15) is 28.5 Å². The number of hydrogen-bond acceptors (Lipinski definition) is 6. The molecule has 0 saturated heterocycles. The minimum absolute atomic E-state index is 0.302. The molecule has 2 aromatic heterocycles. The summed E-state index contributed by atoms with van der Waals surface area (Å²) in [5.74, 6) is 1.94. The summed E-state index contributed by atoms with van der Waals surface area (Å²) in [7, 11) is 0. The lowest BCUT2D eigenvalue weighted by atomic mass is 10.1. The van der Waals surface area contributed by atoms with Crippen LogP contribution in [0.4, 0.5) is 0 Å². The van der Waals surface area contributed by atoms with E-state index in [1.807, 2.05) is 49.4 Å². The van der Waals surface area contributed by atoms with Gasteiger partial charge in [0.25, 0.3) is 0 Å². The molecule has 0 atom stereocenters. The van der Waals surface area contributed by atoms with Crippen molar-refractivity contribution in [1.29, 1.82) is 0 Å². The normalized spacial score (nSPS) is 11.0. The Morgan fingerprint density at radius 1 is 0.846 bits per heavy atom. The van der Waals surface area contributed by atoms with Crippen LogP contribution in [0.3, 0.4) is 0 Å². The number of rotatable bonds is 4. The van der Waals surface area contributed by atoms with Crippen LogP contribution in [0.25, 0.3) is 22.8 Å². The number of aromatic nitrogens is 4. The topological polar surface area (TPSA) is 77.8 Å². The van der Waals surface area contributed by atoms with Gasteiger partial charge >= 0.3 is 0 Å². The Balaban J connectivity index is 1.55. The summed E-state index contributed by atoms with van der Waals surface area (Å²) < 4.78 is 11.1. The fourth-order valence-electron chi connectivity index (χ4n) is 2.71. The molecule has 0 amide bonds. The second kappa shape index (κ2) is 6.55. The van der Waals surface area contributed by atoms with Gasteiger partial charge in [-0.25, -0.2) is 0 Å². The van der Waals surface area contributed by atoms with Crippen molar-refractivity contribution in [2.45, 2.75) is 27.2 Å². The second-order valence-corrected chi connectivity index (χ2v) is 6.30. The second-order valence-electron chi connectivity index (χ2n) is 6.30. The summed E-state index contributed by atoms with van der Waals surface area (Å²) in [6.45, 7) is 6.14. The van der Waals surface area contributed by atoms with Gasteiger partial charge < -0.3 is 8.94 Å². The fourth-order valence-corrected chi connectivity index (χ4v) is 2.71. The minimum atomic E-state index is 0.302. The van der Waals surface area contributed by atoms with Crippen molar-refractivity contribution < 1.29 is 8.94 Å². The molecule has 6 heteroatoms. The van der Waals surface area contributed by atoms with Crippen molar-refractivity contribution in [2.24, 2.45) is 0 Å². The lowest BCUT2D eigenvalue weighted by Crippen LogP contribution is -1.89. The molecular weight excluding hydrogens is 328 g/mol. The Morgan fingerprint density at radius 3 is 2.50 bits per heavy atom. The van der Waals surface area contributed by atoms with Crippen LogP contribution >= 0.6 is 0 Å². The molecule has 0 N–H and O–H groups in total. The quantitative estimate of drug-likeness (QED) is 0.548. The van der Waals surface area contributed by atoms with Crippen molar-refractivity contribution in [3.8, 4) is 22.8 Å². The first-order chi connectivity index (χ1) is 12.6. The highest BCUT2D eigenvalue weighted by atomic mass is 16.5. The third kappa shape index (κ3) is 3.13. The average Bonchev–Trinajstić information content (AvgIpc) is 3.28. The zero-order valence-electron chi connectivity index (χ0n) is 14.9. The van der Waals surface area contributed by atoms with Crippen molar-refractivity contribution in [3.63, 3.8) is 0 Å². The molecule has 130 valence electrons. The molecule has 26 heavy (non-hydrogen) atoms. The Morgan fingerprint density at radius 2 is 1.69 bits per heavy atom. The van der Waals surface area contributed by atoms with E-state index in [4.69, 9.17) is 8.94 Å². The summed E-state index contributed by atoms with van der Waals surface area (Å²) in [4.78, 5) is 4.44. The van der Waals surface area contributed by atoms with Gasteiger partial charge in [0.2, 0.25) is 23.5 Å². The monoisotopic (exact) mass is 346 g/mol. The molecule has 0 aliphatic carbocycles. The van der Waals surface area contributed by atoms with Crippen LogP contribution < -0.4 is 0 Å². The maximum absolute atomic E-state index is 5.76. The molecule has 0 unspecified atom stereocenters. The molecule has 0 bridgehead atoms. The van der Waals surface area contributed by atoms with Gasteiger partial charge in [0.15, 0.2) is 0 Å². The van der Waals surface area contributed by atoms with Crippen molar-refractivity contribution in [2.75, 3.05) is 0 Å². The van der Waals surface area contributed by atoms with Crippen molar-refractivity contribution in [3.05, 3.63) is 70.9 Å². The lowest BCUT2D eigenvalue weighted by molar-refractivity contribution is 0.374. The van der Waals surface area contributed by atoms with Gasteiger partial charge in [-0.1, -0.05) is 35.5 Å². The predicted octanol–water partition coefficient (Wildman–Crippen LogP) is 4.30. The predicted molar refractivity (Wildman–Crippen MR) is 96.5 cm³/mol. The van der Waals surface area contributed by atoms with Gasteiger partial charge in [0, 0.05) is 11.1 Å². The highest BCUT2D eigenvalue weighted by Gasteiger charge is 2.15. The maximum atomic E-state index is 5.76. The summed E-state index contributed by atoms with van der Waals surface area (Å²) >= 11 is 0. The van der Waals surface area contributed by atoms with Crippen LogP contribution in [0.2, 0.25) is 0 Å². The van der Waals surface area contributed by atoms with E-state index in [0.29, 0.717) is 29.9 Å². The number of benzene rings is 2. The highest BCUT2D eigenvalue weighted by molar-refractivity contribution is 5.59. The van der Waals surface area contributed by atoms with Gasteiger partial charge in [-0.2, -0.15) is 4.98 Å². The molecular formula is C20H18N4O2. The third-order valence-corrected chi connectivity index (χ3v) is 4.38. The van der Waals surface area contributed by atoms with Gasteiger partial charge in [0.1, 0.15) is 6.42 Å². The van der Waals surface area contributed by atoms with Gasteiger partial charge in [-0.15, -0.1) is 10.2 Å². The zero-order chi connectivity index (χ0) is 18.1. The Bertz CT molecular complexity index is 1070. The summed E-state index contributed by atoms with van der Waals surface area (Å²) in [6.07, 6.45) is 0.302. The molecule has 4 aromatic rings. The van der Waals surface area contributed by atoms with E-state index >= 15 is 0 Å². The van der Waals surface area contributed by atoms with Crippen molar-refractivity contribution >= 4 is 0 Å². The average molecular weight is 346 g/mol. The van der Waals surface area contributed by atoms with Crippen LogP contribution in [0.5, 0.6) is 0 Å². The Labute approximate surface area is 150 Å². The van der Waals surface area contributed by atoms with E-state index in [9.17, 15) is 0 Å². The van der Waals surface area contributed by atoms with Crippen molar-refractivity contribution in [1.82, 2.24) is 20.3 Å². The molecule has 0 radical (unpaired) electrons. The maximum Gasteiger partial charge on any atom is 0.247 e. The van der Waals surface area contributed by atoms with E-state index in [2.05, 4.69) is 34.2 Å². The standard InChI is InChI=1S/C20H18N4O2/c1-12-8-9-15(10-14(12)3)20-23-22-18(25-20)11-17-21-19(24-26-17)16-7-5-4-6-13(16)2/h4-10H,11H2,1-3H3. The van der Waals surface area contributed by atoms with Crippen LogP contribution in [-0.2, 0) is 6.42 Å². The molecule has 6 nitrogen and oxygen atoms in total. The summed E-state index contributed by atoms with van der Waals surface area (Å²) in [5, 5.41) is 12.3. The molecule has 0 aliphatic heterocycles. The van der Waals surface area contributed by atoms with E-state index in [1.54, 1.807) is 0 Å². The van der Waals surface area contributed by atoms with Crippen LogP contribution in [-0.4, -0.2) is 20.3 Å². The summed E-state index contributed by atoms with van der Waals surface area (Å²) in [6, 6.07) is 14.0. The minimum Gasteiger partial charge on any atom is -0.420 e. The van der Waals surface area contributed by atoms with Crippen LogP contribution in [0, 0.1) is 20.8 Å². The molecule has 4 rings (SSSR count). The van der Waals surface area contributed by atoms with E-state index in [-0.39, 0.29) is 0 Å². The molecule has 2 heterocycles. The Kier molecular flexibility index (Phi) is 4.08. The first-order valence-corrected chi connectivity index (χ1v) is 8.39. The van der Waals surface area contributed by atoms with Crippen LogP contribution in [0.15, 0.2) is 51.4 Å². The first-order valence-electron chi connectivity index (χ1n) is 8.39. The number of hydrogen-bond donors (Lipinski definition) is 0. The zero-order valence-corrected chi connectivity index (χ0v) is 14.9. The van der Waals surface area contributed by atoms with Gasteiger partial charge in [0.05, 0.1) is 0 Å². The van der Waals surface area contributed by atoms with Gasteiger partial charge in [-0.05, 0) is 49.6 Å². The largest absolute Gasteiger partial charge is 0.420 e. The lowest BCUT2D eigenvalue weighted by Gasteiger charge is -2.00. The van der Waals surface area contributed by atoms with E-state index < -0.39 is 0 Å². The fraction of sp³-hybridized carbons (Fsp3) is 0.200. The molecule has 0 fully saturated rings. The molecule has 0 spiro atoms. The molecule has 0 saturated carbocycles. The number of aryl methyl sites for hydroxylation is 3. The highest BCUT2D eigenvalue weighted by Crippen LogP contribution is 2.23. The van der Waals surface area contributed by atoms with E-state index in [1.165, 1.54) is 11.1 Å². The SMILES string of the molecule is Cc1ccc(-c2nnc(Cc3nc(-c4ccccc4C)no3)o2)cc1C. The third-order valence-electron chi connectivity index (χ3n) is 4.38. The van der Waals surface area contributed by atoms with Gasteiger partial charge in [-0.3, -0.25) is 0 Å². The number of nitrogens with zero attached hydrogens (tertiary/aromatic N) is 4.